The van der Waals surface area contributed by atoms with Crippen LogP contribution >= 0.6 is 0 Å². The highest BCUT2D eigenvalue weighted by atomic mass is 16.4. The van der Waals surface area contributed by atoms with Crippen LogP contribution < -0.4 is 0 Å². The van der Waals surface area contributed by atoms with Gasteiger partial charge in [0.15, 0.2) is 0 Å². The van der Waals surface area contributed by atoms with Gasteiger partial charge in [0.2, 0.25) is 0 Å². The van der Waals surface area contributed by atoms with Crippen molar-refractivity contribution in [3.8, 4) is 0 Å². The van der Waals surface area contributed by atoms with Crippen molar-refractivity contribution in [2.45, 2.75) is 26.2 Å². The number of nitrogens with zero attached hydrogens (tertiary/aromatic N) is 1. The minimum atomic E-state index is -0.604. The van der Waals surface area contributed by atoms with Gasteiger partial charge in [-0.25, -0.2) is 0 Å². The molecule has 0 radical (unpaired) electrons. The second-order valence-corrected chi connectivity index (χ2v) is 4.65. The first kappa shape index (κ1) is 10.5. The fourth-order valence-electron chi connectivity index (χ4n) is 2.20. The van der Waals surface area contributed by atoms with E-state index < -0.39 is 11.4 Å². The summed E-state index contributed by atoms with van der Waals surface area (Å²) in [6.07, 6.45) is 2.51. The molecule has 0 atom stereocenters. The molecule has 1 rings (SSSR count). The van der Waals surface area contributed by atoms with Gasteiger partial charge in [0.1, 0.15) is 0 Å². The van der Waals surface area contributed by atoms with Crippen molar-refractivity contribution >= 4 is 5.97 Å². The molecular weight excluding hydrogens is 166 g/mol. The monoisotopic (exact) mass is 185 g/mol. The second kappa shape index (κ2) is 3.66. The number of carboxylic acids is 1. The quantitative estimate of drug-likeness (QED) is 0.720. The Labute approximate surface area is 79.7 Å². The molecular formula is C10H19NO2. The lowest BCUT2D eigenvalue weighted by Gasteiger charge is -2.43. The lowest BCUT2D eigenvalue weighted by Crippen LogP contribution is -2.44. The largest absolute Gasteiger partial charge is 0.481 e. The van der Waals surface area contributed by atoms with Crippen molar-refractivity contribution in [1.29, 1.82) is 0 Å². The summed E-state index contributed by atoms with van der Waals surface area (Å²) < 4.78 is 0. The van der Waals surface area contributed by atoms with E-state index in [2.05, 4.69) is 6.92 Å². The van der Waals surface area contributed by atoms with Crippen molar-refractivity contribution < 1.29 is 9.90 Å². The summed E-state index contributed by atoms with van der Waals surface area (Å²) in [4.78, 5) is 13.1. The van der Waals surface area contributed by atoms with Crippen molar-refractivity contribution in [2.75, 3.05) is 20.6 Å². The number of rotatable bonds is 4. The average Bonchev–Trinajstić information content (AvgIpc) is 1.94. The molecule has 0 aromatic carbocycles. The van der Waals surface area contributed by atoms with Gasteiger partial charge < -0.3 is 10.0 Å². The van der Waals surface area contributed by atoms with Crippen molar-refractivity contribution in [3.63, 3.8) is 0 Å². The molecule has 0 spiro atoms. The number of hydrogen-bond donors (Lipinski definition) is 1. The lowest BCUT2D eigenvalue weighted by atomic mass is 9.61. The van der Waals surface area contributed by atoms with Gasteiger partial charge >= 0.3 is 5.97 Å². The average molecular weight is 185 g/mol. The number of aliphatic carboxylic acids is 1. The Hall–Kier alpha value is -0.570. The van der Waals surface area contributed by atoms with E-state index in [0.29, 0.717) is 5.92 Å². The van der Waals surface area contributed by atoms with Gasteiger partial charge in [-0.2, -0.15) is 0 Å². The Balaban J connectivity index is 2.46. The van der Waals surface area contributed by atoms with E-state index in [-0.39, 0.29) is 0 Å². The summed E-state index contributed by atoms with van der Waals surface area (Å²) in [5.41, 5.74) is -0.399. The van der Waals surface area contributed by atoms with Gasteiger partial charge in [-0.05, 0) is 45.8 Å². The molecule has 1 aliphatic carbocycles. The van der Waals surface area contributed by atoms with Gasteiger partial charge in [0, 0.05) is 0 Å². The molecule has 0 aromatic rings. The molecule has 3 nitrogen and oxygen atoms in total. The molecule has 0 heterocycles. The van der Waals surface area contributed by atoms with Gasteiger partial charge in [0.05, 0.1) is 5.41 Å². The highest BCUT2D eigenvalue weighted by Crippen LogP contribution is 2.48. The lowest BCUT2D eigenvalue weighted by molar-refractivity contribution is -0.158. The molecule has 1 N–H and O–H groups in total. The molecule has 0 amide bonds. The van der Waals surface area contributed by atoms with Crippen LogP contribution in [0.2, 0.25) is 0 Å². The third kappa shape index (κ3) is 2.21. The number of hydrogen-bond acceptors (Lipinski definition) is 2. The maximum absolute atomic E-state index is 11.0. The van der Waals surface area contributed by atoms with Crippen LogP contribution in [0.25, 0.3) is 0 Å². The Morgan fingerprint density at radius 2 is 2.08 bits per heavy atom. The fraction of sp³-hybridized carbons (Fsp3) is 0.900. The Morgan fingerprint density at radius 3 is 2.38 bits per heavy atom. The van der Waals surface area contributed by atoms with Crippen LogP contribution in [-0.4, -0.2) is 36.6 Å². The fourth-order valence-corrected chi connectivity index (χ4v) is 2.20. The van der Waals surface area contributed by atoms with Crippen molar-refractivity contribution in [3.05, 3.63) is 0 Å². The molecule has 0 aliphatic heterocycles. The first-order valence-electron chi connectivity index (χ1n) is 4.84. The van der Waals surface area contributed by atoms with E-state index in [9.17, 15) is 4.79 Å². The third-order valence-corrected chi connectivity index (χ3v) is 2.97. The van der Waals surface area contributed by atoms with Crippen LogP contribution in [0.1, 0.15) is 26.2 Å². The van der Waals surface area contributed by atoms with Gasteiger partial charge in [-0.15, -0.1) is 0 Å². The zero-order valence-electron chi connectivity index (χ0n) is 8.71. The second-order valence-electron chi connectivity index (χ2n) is 4.65. The normalized spacial score (nSPS) is 33.1. The molecule has 1 fully saturated rings. The van der Waals surface area contributed by atoms with E-state index in [1.54, 1.807) is 0 Å². The zero-order chi connectivity index (χ0) is 10.1. The standard InChI is InChI=1S/C10H19NO2/c1-8-6-10(7-8,9(12)13)4-5-11(2)3/h8H,4-7H2,1-3H3,(H,12,13). The maximum atomic E-state index is 11.0. The van der Waals surface area contributed by atoms with Crippen LogP contribution in [-0.2, 0) is 4.79 Å². The Morgan fingerprint density at radius 1 is 1.54 bits per heavy atom. The molecule has 3 heteroatoms. The minimum absolute atomic E-state index is 0.399. The van der Waals surface area contributed by atoms with Crippen LogP contribution in [0.15, 0.2) is 0 Å². The maximum Gasteiger partial charge on any atom is 0.309 e. The van der Waals surface area contributed by atoms with E-state index in [1.165, 1.54) is 0 Å². The van der Waals surface area contributed by atoms with Crippen molar-refractivity contribution in [2.24, 2.45) is 11.3 Å². The Kier molecular flexibility index (Phi) is 2.96. The van der Waals surface area contributed by atoms with E-state index >= 15 is 0 Å². The summed E-state index contributed by atoms with van der Waals surface area (Å²) in [6.45, 7) is 3.00. The molecule has 1 saturated carbocycles. The minimum Gasteiger partial charge on any atom is -0.481 e. The van der Waals surface area contributed by atoms with Gasteiger partial charge in [-0.1, -0.05) is 6.92 Å². The summed E-state index contributed by atoms with van der Waals surface area (Å²) >= 11 is 0. The predicted molar refractivity (Wildman–Crippen MR) is 51.6 cm³/mol. The topological polar surface area (TPSA) is 40.5 Å². The van der Waals surface area contributed by atoms with Crippen LogP contribution in [0, 0.1) is 11.3 Å². The summed E-state index contributed by atoms with van der Waals surface area (Å²) in [6, 6.07) is 0. The zero-order valence-corrected chi connectivity index (χ0v) is 8.71. The molecule has 13 heavy (non-hydrogen) atoms. The van der Waals surface area contributed by atoms with Crippen LogP contribution in [0.3, 0.4) is 0 Å². The summed E-state index contributed by atoms with van der Waals surface area (Å²) in [5.74, 6) is -0.00860. The van der Waals surface area contributed by atoms with Gasteiger partial charge in [0.25, 0.3) is 0 Å². The molecule has 0 saturated heterocycles. The van der Waals surface area contributed by atoms with Crippen LogP contribution in [0.5, 0.6) is 0 Å². The summed E-state index contributed by atoms with van der Waals surface area (Å²) in [7, 11) is 3.97. The smallest absolute Gasteiger partial charge is 0.309 e. The van der Waals surface area contributed by atoms with Crippen molar-refractivity contribution in [1.82, 2.24) is 4.90 Å². The highest BCUT2D eigenvalue weighted by molar-refractivity contribution is 5.75. The van der Waals surface area contributed by atoms with Gasteiger partial charge in [-0.3, -0.25) is 4.79 Å². The Bertz CT molecular complexity index is 195. The van der Waals surface area contributed by atoms with E-state index in [0.717, 1.165) is 25.8 Å². The molecule has 1 aliphatic rings. The van der Waals surface area contributed by atoms with Crippen LogP contribution in [0.4, 0.5) is 0 Å². The van der Waals surface area contributed by atoms with E-state index in [1.807, 2.05) is 19.0 Å². The molecule has 76 valence electrons. The third-order valence-electron chi connectivity index (χ3n) is 2.97. The predicted octanol–water partition coefficient (Wildman–Crippen LogP) is 1.44. The SMILES string of the molecule is CC1CC(CCN(C)C)(C(=O)O)C1. The summed E-state index contributed by atoms with van der Waals surface area (Å²) in [5, 5.41) is 9.10. The molecule has 0 aromatic heterocycles. The molecule has 0 unspecified atom stereocenters. The molecule has 0 bridgehead atoms. The highest BCUT2D eigenvalue weighted by Gasteiger charge is 2.47. The first-order valence-corrected chi connectivity index (χ1v) is 4.84. The van der Waals surface area contributed by atoms with E-state index in [4.69, 9.17) is 5.11 Å². The number of carboxylic acid groups (broad SMARTS) is 1. The number of carbonyl (C=O) groups is 1. The first-order chi connectivity index (χ1) is 5.96.